The number of halogens is 2. The van der Waals surface area contributed by atoms with E-state index >= 15 is 0 Å². The van der Waals surface area contributed by atoms with Crippen LogP contribution in [0.25, 0.3) is 0 Å². The van der Waals surface area contributed by atoms with E-state index in [1.807, 2.05) is 0 Å². The van der Waals surface area contributed by atoms with Crippen LogP contribution in [0.15, 0.2) is 0 Å². The van der Waals surface area contributed by atoms with Crippen LogP contribution >= 0.6 is 31.9 Å². The minimum absolute atomic E-state index is 0.00868. The average Bonchev–Trinajstić information content (AvgIpc) is 1.91. The van der Waals surface area contributed by atoms with Crippen LogP contribution in [-0.4, -0.2) is 14.6 Å². The van der Waals surface area contributed by atoms with E-state index in [0.29, 0.717) is 5.92 Å². The summed E-state index contributed by atoms with van der Waals surface area (Å²) in [6.45, 7) is 0. The van der Waals surface area contributed by atoms with E-state index in [9.17, 15) is 9.90 Å². The van der Waals surface area contributed by atoms with Gasteiger partial charge in [0.1, 0.15) is 0 Å². The third kappa shape index (κ3) is 1.76. The topological polar surface area (TPSA) is 40.1 Å². The molecule has 0 aliphatic heterocycles. The summed E-state index contributed by atoms with van der Waals surface area (Å²) in [5.41, 5.74) is -0.00868. The van der Waals surface area contributed by atoms with Crippen molar-refractivity contribution in [3.8, 4) is 0 Å². The summed E-state index contributed by atoms with van der Waals surface area (Å²) in [5.74, 6) is -0.191. The van der Waals surface area contributed by atoms with Crippen molar-refractivity contribution in [1.29, 1.82) is 0 Å². The first-order chi connectivity index (χ1) is 7.32. The van der Waals surface area contributed by atoms with Crippen molar-refractivity contribution < 1.29 is 9.90 Å². The minimum atomic E-state index is -0.880. The standard InChI is InChI=1S/C12H16Br2O2/c13-11-2-8-1-10(5-11,4-9(15)16)6-12(14,3-8)7-11/h8H,1-7H2,(H,15,16)/p-1. The first-order valence-corrected chi connectivity index (χ1v) is 7.49. The number of carboxylic acids is 1. The smallest absolute Gasteiger partial charge is 0.0419 e. The van der Waals surface area contributed by atoms with Crippen LogP contribution in [0.4, 0.5) is 0 Å². The van der Waals surface area contributed by atoms with Crippen LogP contribution in [-0.2, 0) is 4.79 Å². The van der Waals surface area contributed by atoms with Crippen molar-refractivity contribution >= 4 is 37.8 Å². The Kier molecular flexibility index (Phi) is 2.34. The Hall–Kier alpha value is 0.430. The fourth-order valence-electron chi connectivity index (χ4n) is 4.90. The van der Waals surface area contributed by atoms with Crippen LogP contribution in [0, 0.1) is 11.3 Å². The summed E-state index contributed by atoms with van der Waals surface area (Å²) in [6, 6.07) is 0. The molecule has 2 nitrogen and oxygen atoms in total. The van der Waals surface area contributed by atoms with Crippen LogP contribution in [0.2, 0.25) is 0 Å². The summed E-state index contributed by atoms with van der Waals surface area (Å²) in [6.07, 6.45) is 6.93. The molecule has 0 radical (unpaired) electrons. The van der Waals surface area contributed by atoms with Gasteiger partial charge in [-0.1, -0.05) is 31.9 Å². The average molecular weight is 351 g/mol. The number of alkyl halides is 2. The van der Waals surface area contributed by atoms with Crippen molar-refractivity contribution in [3.63, 3.8) is 0 Å². The highest BCUT2D eigenvalue weighted by Gasteiger charge is 2.61. The highest BCUT2D eigenvalue weighted by molar-refractivity contribution is 9.10. The molecule has 4 rings (SSSR count). The Bertz CT molecular complexity index is 337. The number of hydrogen-bond donors (Lipinski definition) is 0. The largest absolute Gasteiger partial charge is 0.550 e. The molecule has 4 fully saturated rings. The Balaban J connectivity index is 1.95. The molecule has 4 saturated carbocycles. The zero-order valence-electron chi connectivity index (χ0n) is 9.10. The molecule has 4 heteroatoms. The second-order valence-electron chi connectivity index (χ2n) is 6.36. The molecule has 4 bridgehead atoms. The van der Waals surface area contributed by atoms with Gasteiger partial charge in [0, 0.05) is 14.6 Å². The Morgan fingerprint density at radius 2 is 1.69 bits per heavy atom. The minimum Gasteiger partial charge on any atom is -0.550 e. The Morgan fingerprint density at radius 1 is 1.12 bits per heavy atom. The molecule has 0 heterocycles. The van der Waals surface area contributed by atoms with E-state index in [-0.39, 0.29) is 20.5 Å². The van der Waals surface area contributed by atoms with Gasteiger partial charge in [-0.05, 0) is 56.3 Å². The predicted octanol–water partition coefficient (Wildman–Crippen LogP) is 2.38. The molecular weight excluding hydrogens is 336 g/mol. The highest BCUT2D eigenvalue weighted by atomic mass is 79.9. The summed E-state index contributed by atoms with van der Waals surface area (Å²) in [7, 11) is 0. The molecule has 0 N–H and O–H groups in total. The van der Waals surface area contributed by atoms with Gasteiger partial charge in [0.2, 0.25) is 0 Å². The van der Waals surface area contributed by atoms with Crippen molar-refractivity contribution in [1.82, 2.24) is 0 Å². The van der Waals surface area contributed by atoms with Gasteiger partial charge in [0.15, 0.2) is 0 Å². The molecule has 2 atom stereocenters. The van der Waals surface area contributed by atoms with Gasteiger partial charge in [0.25, 0.3) is 0 Å². The van der Waals surface area contributed by atoms with Gasteiger partial charge < -0.3 is 9.90 Å². The molecule has 4 aliphatic carbocycles. The lowest BCUT2D eigenvalue weighted by atomic mass is 9.48. The zero-order valence-corrected chi connectivity index (χ0v) is 12.3. The number of carbonyl (C=O) groups is 1. The summed E-state index contributed by atoms with van der Waals surface area (Å²) >= 11 is 7.75. The van der Waals surface area contributed by atoms with Crippen LogP contribution < -0.4 is 5.11 Å². The maximum atomic E-state index is 11.0. The highest BCUT2D eigenvalue weighted by Crippen LogP contribution is 2.68. The van der Waals surface area contributed by atoms with Crippen molar-refractivity contribution in [3.05, 3.63) is 0 Å². The lowest BCUT2D eigenvalue weighted by molar-refractivity contribution is -0.309. The van der Waals surface area contributed by atoms with E-state index in [4.69, 9.17) is 0 Å². The fraction of sp³-hybridized carbons (Fsp3) is 0.917. The molecule has 2 unspecified atom stereocenters. The molecule has 0 aromatic rings. The van der Waals surface area contributed by atoms with Gasteiger partial charge in [-0.25, -0.2) is 0 Å². The number of hydrogen-bond acceptors (Lipinski definition) is 2. The SMILES string of the molecule is O=C([O-])CC12CC3CC(Br)(CC(Br)(C3)C1)C2. The Morgan fingerprint density at radius 3 is 2.12 bits per heavy atom. The van der Waals surface area contributed by atoms with Crippen LogP contribution in [0.5, 0.6) is 0 Å². The second-order valence-corrected chi connectivity index (χ2v) is 9.72. The normalized spacial score (nSPS) is 54.2. The third-order valence-corrected chi connectivity index (χ3v) is 6.34. The molecule has 0 aromatic heterocycles. The fourth-order valence-corrected chi connectivity index (χ4v) is 8.45. The van der Waals surface area contributed by atoms with Gasteiger partial charge in [0.05, 0.1) is 0 Å². The van der Waals surface area contributed by atoms with E-state index < -0.39 is 5.97 Å². The quantitative estimate of drug-likeness (QED) is 0.717. The number of rotatable bonds is 2. The van der Waals surface area contributed by atoms with Crippen molar-refractivity contribution in [2.75, 3.05) is 0 Å². The van der Waals surface area contributed by atoms with Crippen LogP contribution in [0.1, 0.15) is 44.9 Å². The first kappa shape index (κ1) is 11.5. The van der Waals surface area contributed by atoms with Crippen molar-refractivity contribution in [2.24, 2.45) is 11.3 Å². The van der Waals surface area contributed by atoms with Gasteiger partial charge in [-0.3, -0.25) is 0 Å². The maximum Gasteiger partial charge on any atom is 0.0419 e. The lowest BCUT2D eigenvalue weighted by Crippen LogP contribution is -2.59. The maximum absolute atomic E-state index is 11.0. The van der Waals surface area contributed by atoms with Gasteiger partial charge in [-0.15, -0.1) is 0 Å². The number of aliphatic carboxylic acids is 1. The molecule has 90 valence electrons. The third-order valence-electron chi connectivity index (χ3n) is 4.57. The molecule has 0 amide bonds. The van der Waals surface area contributed by atoms with Gasteiger partial charge >= 0.3 is 0 Å². The van der Waals surface area contributed by atoms with E-state index in [1.165, 1.54) is 12.8 Å². The van der Waals surface area contributed by atoms with Crippen molar-refractivity contribution in [2.45, 2.75) is 53.6 Å². The lowest BCUT2D eigenvalue weighted by Gasteiger charge is -2.63. The monoisotopic (exact) mass is 349 g/mol. The summed E-state index contributed by atoms with van der Waals surface area (Å²) in [4.78, 5) is 11.0. The van der Waals surface area contributed by atoms with E-state index in [1.54, 1.807) is 0 Å². The molecular formula is C12H15Br2O2-. The summed E-state index contributed by atoms with van der Waals surface area (Å²) < 4.78 is 0.372. The number of carboxylic acid groups (broad SMARTS) is 1. The number of carbonyl (C=O) groups excluding carboxylic acids is 1. The summed E-state index contributed by atoms with van der Waals surface area (Å²) in [5, 5.41) is 11.0. The first-order valence-electron chi connectivity index (χ1n) is 5.90. The second kappa shape index (κ2) is 3.25. The van der Waals surface area contributed by atoms with E-state index in [0.717, 1.165) is 25.7 Å². The molecule has 0 saturated heterocycles. The zero-order chi connectivity index (χ0) is 11.6. The Labute approximate surface area is 112 Å². The molecule has 0 aromatic carbocycles. The molecule has 16 heavy (non-hydrogen) atoms. The predicted molar refractivity (Wildman–Crippen MR) is 66.6 cm³/mol. The van der Waals surface area contributed by atoms with E-state index in [2.05, 4.69) is 31.9 Å². The molecule has 4 aliphatic rings. The van der Waals surface area contributed by atoms with Crippen LogP contribution in [0.3, 0.4) is 0 Å². The molecule has 0 spiro atoms. The van der Waals surface area contributed by atoms with Gasteiger partial charge in [-0.2, -0.15) is 0 Å².